The van der Waals surface area contributed by atoms with Crippen molar-refractivity contribution in [2.24, 2.45) is 0 Å². The van der Waals surface area contributed by atoms with Gasteiger partial charge in [-0.2, -0.15) is 0 Å². The fraction of sp³-hybridized carbons (Fsp3) is 0. The van der Waals surface area contributed by atoms with Gasteiger partial charge in [-0.15, -0.1) is 0 Å². The zero-order valence-corrected chi connectivity index (χ0v) is 7.83. The van der Waals surface area contributed by atoms with Gasteiger partial charge in [0.25, 0.3) is 0 Å². The molecule has 0 fully saturated rings. The van der Waals surface area contributed by atoms with E-state index in [0.717, 1.165) is 0 Å². The Balaban J connectivity index is 0. The van der Waals surface area contributed by atoms with Gasteiger partial charge in [-0.1, -0.05) is 0 Å². The van der Waals surface area contributed by atoms with Crippen LogP contribution in [-0.4, -0.2) is 17.4 Å². The Kier molecular flexibility index (Phi) is 115. The van der Waals surface area contributed by atoms with E-state index in [2.05, 4.69) is 0 Å². The van der Waals surface area contributed by atoms with Crippen LogP contribution in [0.3, 0.4) is 0 Å². The third-order valence-electron chi connectivity index (χ3n) is 0. The molecule has 0 aromatic heterocycles. The van der Waals surface area contributed by atoms with Crippen LogP contribution in [-0.2, 0) is 76.0 Å². The second-order valence-electron chi connectivity index (χ2n) is 0. The molecule has 0 atom stereocenters. The van der Waals surface area contributed by atoms with Crippen molar-refractivity contribution in [3.05, 3.63) is 0 Å². The standard InChI is InChI=1S/Al.Fe.Y.Zr.3H/p+1. The summed E-state index contributed by atoms with van der Waals surface area (Å²) in [6.45, 7) is 0. The summed E-state index contributed by atoms with van der Waals surface area (Å²) in [5, 5.41) is 0. The van der Waals surface area contributed by atoms with Crippen molar-refractivity contribution >= 4 is 17.4 Å². The van der Waals surface area contributed by atoms with E-state index in [9.17, 15) is 0 Å². The Bertz CT molecular complexity index is 11.6. The van der Waals surface area contributed by atoms with Gasteiger partial charge in [0, 0.05) is 76.0 Å². The topological polar surface area (TPSA) is 0 Å². The van der Waals surface area contributed by atoms with Crippen LogP contribution in [0.4, 0.5) is 0 Å². The molecule has 0 spiro atoms. The number of hydrogen-bond donors (Lipinski definition) is 0. The Morgan fingerprint density at radius 3 is 1.25 bits per heavy atom. The third-order valence-corrected chi connectivity index (χ3v) is 0. The van der Waals surface area contributed by atoms with Crippen LogP contribution < -0.4 is 0 Å². The van der Waals surface area contributed by atoms with Crippen molar-refractivity contribution in [3.8, 4) is 0 Å². The number of hydrogen-bond acceptors (Lipinski definition) is 0. The first-order valence-corrected chi connectivity index (χ1v) is 0. The van der Waals surface area contributed by atoms with Gasteiger partial charge >= 0.3 is 1.43 Å². The predicted octanol–water partition coefficient (Wildman–Crippen LogP) is -1.08. The molecule has 0 N–H and O–H groups in total. The minimum atomic E-state index is 0. The van der Waals surface area contributed by atoms with Crippen LogP contribution in [0.1, 0.15) is 1.43 Å². The fourth-order valence-corrected chi connectivity index (χ4v) is 0. The largest absolute Gasteiger partial charge is 1.00 e. The molecule has 0 aromatic carbocycles. The SMILES string of the molecule is [AlH3].[Fe].[H+].[Y].[Zr]. The van der Waals surface area contributed by atoms with Gasteiger partial charge in [0.1, 0.15) is 0 Å². The zero-order valence-electron chi connectivity index (χ0n) is 2.43. The Labute approximate surface area is 93.0 Å². The molecule has 0 saturated carbocycles. The summed E-state index contributed by atoms with van der Waals surface area (Å²) >= 11 is 0. The maximum absolute atomic E-state index is 0. The maximum Gasteiger partial charge on any atom is 1.00 e. The maximum atomic E-state index is 0. The van der Waals surface area contributed by atoms with E-state index in [1.165, 1.54) is 0 Å². The minimum absolute atomic E-state index is 0. The van der Waals surface area contributed by atoms with Gasteiger partial charge in [-0.25, -0.2) is 0 Å². The molecular formula is H4AlFeYZr+. The molecule has 4 heavy (non-hydrogen) atoms. The zero-order chi connectivity index (χ0) is 0. The second-order valence-corrected chi connectivity index (χ2v) is 0. The summed E-state index contributed by atoms with van der Waals surface area (Å²) < 4.78 is 0. The van der Waals surface area contributed by atoms with Crippen molar-refractivity contribution in [1.29, 1.82) is 0 Å². The molecule has 0 amide bonds. The Morgan fingerprint density at radius 2 is 1.25 bits per heavy atom. The van der Waals surface area contributed by atoms with Gasteiger partial charge in [0.2, 0.25) is 0 Å². The first kappa shape index (κ1) is 27.8. The molecule has 0 nitrogen and oxygen atoms in total. The van der Waals surface area contributed by atoms with Crippen molar-refractivity contribution < 1.29 is 77.4 Å². The third kappa shape index (κ3) is 8.90. The molecule has 0 aliphatic heterocycles. The molecule has 0 heterocycles. The van der Waals surface area contributed by atoms with Gasteiger partial charge < -0.3 is 0 Å². The normalized spacial score (nSPS) is 0. The van der Waals surface area contributed by atoms with Crippen LogP contribution in [0.25, 0.3) is 0 Å². The van der Waals surface area contributed by atoms with E-state index >= 15 is 0 Å². The quantitative estimate of drug-likeness (QED) is 0.490. The van der Waals surface area contributed by atoms with E-state index in [4.69, 9.17) is 0 Å². The average Bonchev–Trinajstić information content (AvgIpc) is 0. The Morgan fingerprint density at radius 1 is 1.25 bits per heavy atom. The summed E-state index contributed by atoms with van der Waals surface area (Å²) in [6.07, 6.45) is 0. The van der Waals surface area contributed by atoms with Crippen molar-refractivity contribution in [1.82, 2.24) is 0 Å². The summed E-state index contributed by atoms with van der Waals surface area (Å²) in [5.74, 6) is 0. The van der Waals surface area contributed by atoms with Crippen LogP contribution in [0.15, 0.2) is 0 Å². The molecule has 0 aliphatic rings. The minimum Gasteiger partial charge on any atom is 0 e. The molecule has 0 saturated heterocycles. The fourth-order valence-electron chi connectivity index (χ4n) is 0. The van der Waals surface area contributed by atoms with E-state index in [1.807, 2.05) is 0 Å². The second kappa shape index (κ2) is 16.6. The summed E-state index contributed by atoms with van der Waals surface area (Å²) in [7, 11) is 0. The monoisotopic (exact) mass is 266 g/mol. The van der Waals surface area contributed by atoms with Gasteiger partial charge in [0.15, 0.2) is 17.4 Å². The molecular weight excluding hydrogens is 263 g/mol. The molecule has 21 valence electrons. The van der Waals surface area contributed by atoms with Crippen molar-refractivity contribution in [3.63, 3.8) is 0 Å². The van der Waals surface area contributed by atoms with Crippen LogP contribution >= 0.6 is 0 Å². The number of rotatable bonds is 0. The molecule has 0 rings (SSSR count). The first-order valence-electron chi connectivity index (χ1n) is 0. The van der Waals surface area contributed by atoms with Crippen LogP contribution in [0, 0.1) is 0 Å². The van der Waals surface area contributed by atoms with Gasteiger partial charge in [-0.3, -0.25) is 0 Å². The molecule has 0 aromatic rings. The summed E-state index contributed by atoms with van der Waals surface area (Å²) in [5.41, 5.74) is 0. The molecule has 0 bridgehead atoms. The smallest absolute Gasteiger partial charge is 0 e. The molecule has 0 aliphatic carbocycles. The van der Waals surface area contributed by atoms with Crippen molar-refractivity contribution in [2.45, 2.75) is 0 Å². The van der Waals surface area contributed by atoms with E-state index in [-0.39, 0.29) is 94.8 Å². The predicted molar refractivity (Wildman–Crippen MR) is 11.1 cm³/mol. The molecule has 4 heteroatoms. The van der Waals surface area contributed by atoms with Gasteiger partial charge in [-0.05, 0) is 0 Å². The molecule has 1 radical (unpaired) electrons. The van der Waals surface area contributed by atoms with Crippen LogP contribution in [0.5, 0.6) is 0 Å². The van der Waals surface area contributed by atoms with Crippen molar-refractivity contribution in [2.75, 3.05) is 0 Å². The van der Waals surface area contributed by atoms with Gasteiger partial charge in [0.05, 0.1) is 0 Å². The van der Waals surface area contributed by atoms with Crippen LogP contribution in [0.2, 0.25) is 0 Å². The Hall–Kier alpha value is 3.04. The van der Waals surface area contributed by atoms with E-state index < -0.39 is 0 Å². The molecule has 0 unspecified atom stereocenters. The average molecular weight is 267 g/mol. The summed E-state index contributed by atoms with van der Waals surface area (Å²) in [6, 6.07) is 0. The van der Waals surface area contributed by atoms with E-state index in [0.29, 0.717) is 0 Å². The first-order chi connectivity index (χ1) is 0. The summed E-state index contributed by atoms with van der Waals surface area (Å²) in [4.78, 5) is 0. The van der Waals surface area contributed by atoms with E-state index in [1.54, 1.807) is 0 Å².